The first-order chi connectivity index (χ1) is 15.7. The van der Waals surface area contributed by atoms with Crippen molar-refractivity contribution in [2.75, 3.05) is 20.0 Å². The van der Waals surface area contributed by atoms with Crippen molar-refractivity contribution in [3.05, 3.63) is 65.7 Å². The third-order valence-electron chi connectivity index (χ3n) is 4.53. The summed E-state index contributed by atoms with van der Waals surface area (Å²) in [5.41, 5.74) is 7.93. The molecule has 0 aliphatic heterocycles. The SMILES string of the molecule is COc1cc(C(=O)O)cc(S)c1N.COc1cc(C(=O)O)cc2sc(-c3ccccc3)nc12. The summed E-state index contributed by atoms with van der Waals surface area (Å²) >= 11 is 5.47. The number of hydrogen-bond donors (Lipinski definition) is 4. The smallest absolute Gasteiger partial charge is 0.335 e. The Kier molecular flexibility index (Phi) is 7.41. The fraction of sp³-hybridized carbons (Fsp3) is 0.0870. The molecule has 0 amide bonds. The molecule has 10 heteroatoms. The molecular weight excluding hydrogens is 464 g/mol. The standard InChI is InChI=1S/C15H11NO3S.C8H9NO3S/c1-19-11-7-10(15(17)18)8-12-13(11)16-14(20-12)9-5-3-2-4-6-9;1-12-5-2-4(8(10)11)3-6(13)7(5)9/h2-8H,1H3,(H,17,18);2-3,13H,9H2,1H3,(H,10,11). The summed E-state index contributed by atoms with van der Waals surface area (Å²) < 4.78 is 10.9. The number of thiazole rings is 1. The third-order valence-corrected chi connectivity index (χ3v) is 5.96. The Bertz CT molecular complexity index is 1320. The zero-order valence-corrected chi connectivity index (χ0v) is 19.3. The molecule has 0 radical (unpaired) electrons. The quantitative estimate of drug-likeness (QED) is 0.231. The maximum atomic E-state index is 11.1. The predicted molar refractivity (Wildman–Crippen MR) is 130 cm³/mol. The first kappa shape index (κ1) is 23.9. The van der Waals surface area contributed by atoms with Gasteiger partial charge in [-0.3, -0.25) is 0 Å². The average Bonchev–Trinajstić information content (AvgIpc) is 3.25. The molecule has 0 saturated heterocycles. The topological polar surface area (TPSA) is 132 Å². The summed E-state index contributed by atoms with van der Waals surface area (Å²) in [6.45, 7) is 0. The summed E-state index contributed by atoms with van der Waals surface area (Å²) in [5.74, 6) is -1.20. The minimum atomic E-state index is -1.03. The number of carboxylic acids is 2. The van der Waals surface area contributed by atoms with Crippen molar-refractivity contribution in [2.45, 2.75) is 4.90 Å². The Hall–Kier alpha value is -3.76. The third kappa shape index (κ3) is 5.36. The van der Waals surface area contributed by atoms with E-state index in [9.17, 15) is 9.59 Å². The first-order valence-corrected chi connectivity index (χ1v) is 10.7. The number of rotatable bonds is 5. The zero-order valence-electron chi connectivity index (χ0n) is 17.6. The molecule has 0 bridgehead atoms. The summed E-state index contributed by atoms with van der Waals surface area (Å²) in [7, 11) is 2.94. The van der Waals surface area contributed by atoms with E-state index in [2.05, 4.69) is 17.6 Å². The van der Waals surface area contributed by atoms with Crippen LogP contribution in [0.2, 0.25) is 0 Å². The Labute approximate surface area is 198 Å². The number of aromatic carboxylic acids is 2. The summed E-state index contributed by atoms with van der Waals surface area (Å²) in [6.07, 6.45) is 0. The Morgan fingerprint density at radius 1 is 0.939 bits per heavy atom. The molecular formula is C23H20N2O6S2. The molecule has 0 spiro atoms. The van der Waals surface area contributed by atoms with Gasteiger partial charge in [-0.05, 0) is 24.3 Å². The highest BCUT2D eigenvalue weighted by molar-refractivity contribution is 7.80. The normalized spacial score (nSPS) is 10.3. The van der Waals surface area contributed by atoms with E-state index in [1.807, 2.05) is 30.3 Å². The second-order valence-corrected chi connectivity index (χ2v) is 8.14. The van der Waals surface area contributed by atoms with E-state index in [0.717, 1.165) is 15.3 Å². The van der Waals surface area contributed by atoms with Gasteiger partial charge in [0.25, 0.3) is 0 Å². The van der Waals surface area contributed by atoms with Crippen LogP contribution in [0.1, 0.15) is 20.7 Å². The van der Waals surface area contributed by atoms with Gasteiger partial charge in [0.2, 0.25) is 0 Å². The molecule has 0 aliphatic rings. The van der Waals surface area contributed by atoms with Crippen LogP contribution in [0, 0.1) is 0 Å². The van der Waals surface area contributed by atoms with E-state index in [1.54, 1.807) is 6.07 Å². The summed E-state index contributed by atoms with van der Waals surface area (Å²) in [4.78, 5) is 26.7. The Morgan fingerprint density at radius 2 is 1.52 bits per heavy atom. The molecule has 0 atom stereocenters. The van der Waals surface area contributed by atoms with Gasteiger partial charge in [0.05, 0.1) is 35.7 Å². The highest BCUT2D eigenvalue weighted by atomic mass is 32.1. The van der Waals surface area contributed by atoms with Crippen LogP contribution in [-0.2, 0) is 0 Å². The highest BCUT2D eigenvalue weighted by Gasteiger charge is 2.15. The van der Waals surface area contributed by atoms with E-state index < -0.39 is 11.9 Å². The molecule has 33 heavy (non-hydrogen) atoms. The van der Waals surface area contributed by atoms with E-state index >= 15 is 0 Å². The fourth-order valence-electron chi connectivity index (χ4n) is 2.89. The largest absolute Gasteiger partial charge is 0.495 e. The van der Waals surface area contributed by atoms with Crippen molar-refractivity contribution in [3.8, 4) is 22.1 Å². The molecule has 0 saturated carbocycles. The number of nitrogens with two attached hydrogens (primary N) is 1. The van der Waals surface area contributed by atoms with Crippen LogP contribution in [0.5, 0.6) is 11.5 Å². The van der Waals surface area contributed by atoms with Crippen molar-refractivity contribution in [1.29, 1.82) is 0 Å². The highest BCUT2D eigenvalue weighted by Crippen LogP contribution is 2.35. The fourth-order valence-corrected chi connectivity index (χ4v) is 4.16. The molecule has 4 N–H and O–H groups in total. The molecule has 4 aromatic rings. The maximum absolute atomic E-state index is 11.1. The Balaban J connectivity index is 0.000000205. The number of carbonyl (C=O) groups is 2. The monoisotopic (exact) mass is 484 g/mol. The maximum Gasteiger partial charge on any atom is 0.335 e. The van der Waals surface area contributed by atoms with Crippen LogP contribution in [-0.4, -0.2) is 41.4 Å². The van der Waals surface area contributed by atoms with Crippen molar-refractivity contribution in [3.63, 3.8) is 0 Å². The predicted octanol–water partition coefficient (Wildman–Crippen LogP) is 4.93. The van der Waals surface area contributed by atoms with Gasteiger partial charge >= 0.3 is 11.9 Å². The lowest BCUT2D eigenvalue weighted by molar-refractivity contribution is 0.0685. The first-order valence-electron chi connectivity index (χ1n) is 9.42. The van der Waals surface area contributed by atoms with Gasteiger partial charge < -0.3 is 25.4 Å². The molecule has 0 aliphatic carbocycles. The van der Waals surface area contributed by atoms with Crippen LogP contribution in [0.25, 0.3) is 20.8 Å². The molecule has 0 unspecified atom stereocenters. The van der Waals surface area contributed by atoms with Crippen molar-refractivity contribution in [2.24, 2.45) is 0 Å². The number of methoxy groups -OCH3 is 2. The molecule has 1 heterocycles. The number of ether oxygens (including phenoxy) is 2. The van der Waals surface area contributed by atoms with Gasteiger partial charge in [-0.1, -0.05) is 30.3 Å². The van der Waals surface area contributed by atoms with Crippen LogP contribution in [0.3, 0.4) is 0 Å². The number of aromatic nitrogens is 1. The van der Waals surface area contributed by atoms with Crippen molar-refractivity contribution in [1.82, 2.24) is 4.98 Å². The molecule has 4 rings (SSSR count). The molecule has 1 aromatic heterocycles. The second-order valence-electron chi connectivity index (χ2n) is 6.63. The van der Waals surface area contributed by atoms with Gasteiger partial charge in [-0.15, -0.1) is 24.0 Å². The lowest BCUT2D eigenvalue weighted by atomic mass is 10.2. The van der Waals surface area contributed by atoms with Gasteiger partial charge in [0.1, 0.15) is 22.0 Å². The number of carboxylic acid groups (broad SMARTS) is 2. The van der Waals surface area contributed by atoms with E-state index in [1.165, 1.54) is 43.8 Å². The Morgan fingerprint density at radius 3 is 2.09 bits per heavy atom. The number of anilines is 1. The van der Waals surface area contributed by atoms with Crippen LogP contribution < -0.4 is 15.2 Å². The van der Waals surface area contributed by atoms with E-state index in [-0.39, 0.29) is 11.1 Å². The molecule has 8 nitrogen and oxygen atoms in total. The minimum absolute atomic E-state index is 0.107. The van der Waals surface area contributed by atoms with E-state index in [4.69, 9.17) is 25.4 Å². The average molecular weight is 485 g/mol. The summed E-state index contributed by atoms with van der Waals surface area (Å²) in [6, 6.07) is 15.7. The number of fused-ring (bicyclic) bond motifs is 1. The van der Waals surface area contributed by atoms with Gasteiger partial charge in [-0.25, -0.2) is 14.6 Å². The van der Waals surface area contributed by atoms with Gasteiger partial charge in [-0.2, -0.15) is 0 Å². The molecule has 170 valence electrons. The van der Waals surface area contributed by atoms with Gasteiger partial charge in [0, 0.05) is 10.5 Å². The minimum Gasteiger partial charge on any atom is -0.495 e. The molecule has 3 aromatic carbocycles. The zero-order chi connectivity index (χ0) is 24.1. The number of nitrogen functional groups attached to an aromatic ring is 1. The van der Waals surface area contributed by atoms with Crippen LogP contribution in [0.4, 0.5) is 5.69 Å². The van der Waals surface area contributed by atoms with Gasteiger partial charge in [0.15, 0.2) is 0 Å². The van der Waals surface area contributed by atoms with E-state index in [0.29, 0.717) is 27.6 Å². The number of benzene rings is 3. The van der Waals surface area contributed by atoms with Crippen molar-refractivity contribution < 1.29 is 29.3 Å². The second kappa shape index (κ2) is 10.2. The number of nitrogens with zero attached hydrogens (tertiary/aromatic N) is 1. The molecule has 0 fully saturated rings. The van der Waals surface area contributed by atoms with Crippen LogP contribution in [0.15, 0.2) is 59.5 Å². The lowest BCUT2D eigenvalue weighted by Gasteiger charge is -2.07. The summed E-state index contributed by atoms with van der Waals surface area (Å²) in [5, 5.41) is 18.7. The number of hydrogen-bond acceptors (Lipinski definition) is 8. The van der Waals surface area contributed by atoms with Crippen LogP contribution >= 0.6 is 24.0 Å². The lowest BCUT2D eigenvalue weighted by Crippen LogP contribution is -2.00. The number of thiol groups is 1. The van der Waals surface area contributed by atoms with Crippen molar-refractivity contribution >= 4 is 51.8 Å².